The van der Waals surface area contributed by atoms with Crippen LogP contribution >= 0.6 is 0 Å². The van der Waals surface area contributed by atoms with Crippen molar-refractivity contribution in [2.45, 2.75) is 19.9 Å². The lowest BCUT2D eigenvalue weighted by Gasteiger charge is -2.07. The van der Waals surface area contributed by atoms with Gasteiger partial charge in [0, 0.05) is 23.5 Å². The van der Waals surface area contributed by atoms with Gasteiger partial charge in [0.25, 0.3) is 0 Å². The number of hydrogen-bond donors (Lipinski definition) is 3. The molecule has 1 amide bonds. The number of carbonyl (C=O) groups is 1. The van der Waals surface area contributed by atoms with Crippen molar-refractivity contribution >= 4 is 11.6 Å². The molecule has 2 rings (SSSR count). The first-order valence-corrected chi connectivity index (χ1v) is 6.39. The van der Waals surface area contributed by atoms with Gasteiger partial charge >= 0.3 is 0 Å². The molecule has 0 bridgehead atoms. The van der Waals surface area contributed by atoms with Crippen LogP contribution in [0.5, 0.6) is 5.75 Å². The second kappa shape index (κ2) is 6.60. The van der Waals surface area contributed by atoms with E-state index in [1.807, 2.05) is 6.92 Å². The smallest absolute Gasteiger partial charge is 0.223 e. The zero-order valence-electron chi connectivity index (χ0n) is 11.3. The van der Waals surface area contributed by atoms with Crippen LogP contribution < -0.4 is 15.8 Å². The molecule has 2 aromatic rings. The highest BCUT2D eigenvalue weighted by Gasteiger charge is 2.04. The fourth-order valence-electron chi connectivity index (χ4n) is 1.66. The standard InChI is InChI=1S/C14H18N4O2/c1-10-11(9-17-18-10)8-16-14(19)6-7-20-13-4-2-12(15)3-5-13/h2-5,9H,6-8,15H2,1H3,(H,16,19)(H,17,18). The molecular weight excluding hydrogens is 256 g/mol. The lowest BCUT2D eigenvalue weighted by Crippen LogP contribution is -2.24. The van der Waals surface area contributed by atoms with Gasteiger partial charge in [-0.1, -0.05) is 0 Å². The second-order valence-electron chi connectivity index (χ2n) is 4.46. The van der Waals surface area contributed by atoms with Crippen molar-refractivity contribution in [2.24, 2.45) is 0 Å². The maximum atomic E-state index is 11.7. The first kappa shape index (κ1) is 13.9. The van der Waals surface area contributed by atoms with E-state index in [-0.39, 0.29) is 5.91 Å². The number of nitrogens with one attached hydrogen (secondary N) is 2. The van der Waals surface area contributed by atoms with Gasteiger partial charge < -0.3 is 15.8 Å². The second-order valence-corrected chi connectivity index (χ2v) is 4.46. The number of aromatic nitrogens is 2. The number of aryl methyl sites for hydroxylation is 1. The Labute approximate surface area is 117 Å². The van der Waals surface area contributed by atoms with Crippen LogP contribution in [0.4, 0.5) is 5.69 Å². The van der Waals surface area contributed by atoms with Crippen LogP contribution in [-0.2, 0) is 11.3 Å². The summed E-state index contributed by atoms with van der Waals surface area (Å²) in [6.07, 6.45) is 2.02. The van der Waals surface area contributed by atoms with Crippen LogP contribution in [0, 0.1) is 6.92 Å². The molecule has 0 aliphatic heterocycles. The summed E-state index contributed by atoms with van der Waals surface area (Å²) in [4.78, 5) is 11.7. The number of H-pyrrole nitrogens is 1. The van der Waals surface area contributed by atoms with E-state index in [1.54, 1.807) is 30.5 Å². The molecule has 6 heteroatoms. The van der Waals surface area contributed by atoms with Crippen molar-refractivity contribution in [1.29, 1.82) is 0 Å². The molecule has 4 N–H and O–H groups in total. The van der Waals surface area contributed by atoms with Crippen LogP contribution in [0.25, 0.3) is 0 Å². The Morgan fingerprint density at radius 2 is 2.15 bits per heavy atom. The van der Waals surface area contributed by atoms with Gasteiger partial charge in [0.05, 0.1) is 19.2 Å². The molecule has 1 heterocycles. The maximum absolute atomic E-state index is 11.7. The third kappa shape index (κ3) is 4.01. The van der Waals surface area contributed by atoms with Crippen LogP contribution in [-0.4, -0.2) is 22.7 Å². The molecule has 0 aliphatic rings. The molecule has 0 radical (unpaired) electrons. The third-order valence-corrected chi connectivity index (χ3v) is 2.89. The third-order valence-electron chi connectivity index (χ3n) is 2.89. The van der Waals surface area contributed by atoms with E-state index in [0.717, 1.165) is 11.3 Å². The lowest BCUT2D eigenvalue weighted by molar-refractivity contribution is -0.121. The zero-order chi connectivity index (χ0) is 14.4. The van der Waals surface area contributed by atoms with Gasteiger partial charge in [0.1, 0.15) is 5.75 Å². The molecule has 1 aromatic carbocycles. The van der Waals surface area contributed by atoms with Crippen LogP contribution in [0.1, 0.15) is 17.7 Å². The summed E-state index contributed by atoms with van der Waals surface area (Å²) >= 11 is 0. The number of benzene rings is 1. The highest BCUT2D eigenvalue weighted by atomic mass is 16.5. The molecule has 0 fully saturated rings. The molecule has 20 heavy (non-hydrogen) atoms. The summed E-state index contributed by atoms with van der Waals surface area (Å²) in [6, 6.07) is 7.08. The molecule has 0 aliphatic carbocycles. The SMILES string of the molecule is Cc1[nH]ncc1CNC(=O)CCOc1ccc(N)cc1. The summed E-state index contributed by atoms with van der Waals surface area (Å²) in [5, 5.41) is 9.55. The first-order valence-electron chi connectivity index (χ1n) is 6.39. The average Bonchev–Trinajstić information content (AvgIpc) is 2.84. The number of aromatic amines is 1. The summed E-state index contributed by atoms with van der Waals surface area (Å²) in [5.41, 5.74) is 8.21. The summed E-state index contributed by atoms with van der Waals surface area (Å²) in [7, 11) is 0. The molecule has 0 atom stereocenters. The Hall–Kier alpha value is -2.50. The average molecular weight is 274 g/mol. The van der Waals surface area contributed by atoms with Crippen molar-refractivity contribution in [1.82, 2.24) is 15.5 Å². The Morgan fingerprint density at radius 3 is 2.80 bits per heavy atom. The number of hydrogen-bond acceptors (Lipinski definition) is 4. The normalized spacial score (nSPS) is 10.2. The van der Waals surface area contributed by atoms with Gasteiger partial charge in [-0.15, -0.1) is 0 Å². The van der Waals surface area contributed by atoms with Crippen molar-refractivity contribution in [2.75, 3.05) is 12.3 Å². The summed E-state index contributed by atoms with van der Waals surface area (Å²) < 4.78 is 5.46. The number of rotatable bonds is 6. The minimum atomic E-state index is -0.0546. The topological polar surface area (TPSA) is 93.0 Å². The van der Waals surface area contributed by atoms with Crippen LogP contribution in [0.2, 0.25) is 0 Å². The first-order chi connectivity index (χ1) is 9.65. The van der Waals surface area contributed by atoms with E-state index in [0.29, 0.717) is 31.0 Å². The Balaban J connectivity index is 1.68. The van der Waals surface area contributed by atoms with E-state index in [1.165, 1.54) is 0 Å². The number of nitrogen functional groups attached to an aromatic ring is 1. The van der Waals surface area contributed by atoms with Gasteiger partial charge in [-0.3, -0.25) is 9.89 Å². The quantitative estimate of drug-likeness (QED) is 0.694. The van der Waals surface area contributed by atoms with Crippen LogP contribution in [0.3, 0.4) is 0 Å². The predicted octanol–water partition coefficient (Wildman–Crippen LogP) is 1.39. The Morgan fingerprint density at radius 1 is 1.40 bits per heavy atom. The minimum absolute atomic E-state index is 0.0546. The Bertz CT molecular complexity index is 563. The van der Waals surface area contributed by atoms with Gasteiger partial charge in [-0.05, 0) is 31.2 Å². The molecule has 106 valence electrons. The van der Waals surface area contributed by atoms with E-state index >= 15 is 0 Å². The molecule has 6 nitrogen and oxygen atoms in total. The largest absolute Gasteiger partial charge is 0.493 e. The predicted molar refractivity (Wildman–Crippen MR) is 76.1 cm³/mol. The molecule has 0 unspecified atom stereocenters. The number of amides is 1. The fraction of sp³-hybridized carbons (Fsp3) is 0.286. The van der Waals surface area contributed by atoms with Gasteiger partial charge in [-0.25, -0.2) is 0 Å². The van der Waals surface area contributed by atoms with E-state index in [4.69, 9.17) is 10.5 Å². The number of nitrogens with zero attached hydrogens (tertiary/aromatic N) is 1. The highest BCUT2D eigenvalue weighted by Crippen LogP contribution is 2.13. The Kier molecular flexibility index (Phi) is 4.60. The molecular formula is C14H18N4O2. The monoisotopic (exact) mass is 274 g/mol. The number of anilines is 1. The van der Waals surface area contributed by atoms with Gasteiger partial charge in [0.2, 0.25) is 5.91 Å². The minimum Gasteiger partial charge on any atom is -0.493 e. The van der Waals surface area contributed by atoms with Gasteiger partial charge in [0.15, 0.2) is 0 Å². The van der Waals surface area contributed by atoms with Crippen molar-refractivity contribution in [3.8, 4) is 5.75 Å². The maximum Gasteiger partial charge on any atom is 0.223 e. The summed E-state index contributed by atoms with van der Waals surface area (Å²) in [6.45, 7) is 2.72. The highest BCUT2D eigenvalue weighted by molar-refractivity contribution is 5.76. The van der Waals surface area contributed by atoms with Crippen LogP contribution in [0.15, 0.2) is 30.5 Å². The van der Waals surface area contributed by atoms with Crippen molar-refractivity contribution < 1.29 is 9.53 Å². The summed E-state index contributed by atoms with van der Waals surface area (Å²) in [5.74, 6) is 0.652. The van der Waals surface area contributed by atoms with Gasteiger partial charge in [-0.2, -0.15) is 5.10 Å². The lowest BCUT2D eigenvalue weighted by atomic mass is 10.2. The number of carbonyl (C=O) groups excluding carboxylic acids is 1. The van der Waals surface area contributed by atoms with E-state index in [9.17, 15) is 4.79 Å². The van der Waals surface area contributed by atoms with E-state index in [2.05, 4.69) is 15.5 Å². The van der Waals surface area contributed by atoms with E-state index < -0.39 is 0 Å². The molecule has 0 saturated carbocycles. The van der Waals surface area contributed by atoms with Crippen molar-refractivity contribution in [3.05, 3.63) is 41.7 Å². The number of ether oxygens (including phenoxy) is 1. The molecule has 0 spiro atoms. The van der Waals surface area contributed by atoms with Crippen molar-refractivity contribution in [3.63, 3.8) is 0 Å². The number of nitrogens with two attached hydrogens (primary N) is 1. The fourth-order valence-corrected chi connectivity index (χ4v) is 1.66. The molecule has 1 aromatic heterocycles. The molecule has 0 saturated heterocycles. The zero-order valence-corrected chi connectivity index (χ0v) is 11.3.